The molecule has 0 radical (unpaired) electrons. The second-order valence-electron chi connectivity index (χ2n) is 2.52. The van der Waals surface area contributed by atoms with Gasteiger partial charge in [0.15, 0.2) is 0 Å². The Morgan fingerprint density at radius 1 is 1.44 bits per heavy atom. The Morgan fingerprint density at radius 2 is 2.11 bits per heavy atom. The van der Waals surface area contributed by atoms with Gasteiger partial charge in [-0.3, -0.25) is 0 Å². The number of hydrogen-bond donors (Lipinski definition) is 0. The Morgan fingerprint density at radius 3 is 2.56 bits per heavy atom. The zero-order valence-corrected chi connectivity index (χ0v) is 6.91. The first-order chi connectivity index (χ1) is 4.20. The molecule has 0 bridgehead atoms. The zero-order valence-electron chi connectivity index (χ0n) is 5.40. The van der Waals surface area contributed by atoms with E-state index in [9.17, 15) is 0 Å². The zero-order chi connectivity index (χ0) is 6.85. The van der Waals surface area contributed by atoms with Gasteiger partial charge in [0, 0.05) is 0 Å². The van der Waals surface area contributed by atoms with Crippen LogP contribution in [0.5, 0.6) is 0 Å². The average molecular weight is 165 g/mol. The van der Waals surface area contributed by atoms with Crippen LogP contribution in [0.1, 0.15) is 19.8 Å². The van der Waals surface area contributed by atoms with Crippen LogP contribution in [0.25, 0.3) is 0 Å². The smallest absolute Gasteiger partial charge is 0.0539 e. The molecule has 1 rings (SSSR count). The van der Waals surface area contributed by atoms with Crippen LogP contribution >= 0.6 is 23.2 Å². The molecule has 1 aliphatic carbocycles. The summed E-state index contributed by atoms with van der Waals surface area (Å²) in [5, 5.41) is 0.298. The molecule has 0 aliphatic heterocycles. The first kappa shape index (κ1) is 7.43. The van der Waals surface area contributed by atoms with Crippen molar-refractivity contribution in [1.82, 2.24) is 0 Å². The lowest BCUT2D eigenvalue weighted by Crippen LogP contribution is -2.18. The molecule has 0 heterocycles. The minimum absolute atomic E-state index is 0.148. The molecule has 0 nitrogen and oxygen atoms in total. The normalized spacial score (nSPS) is 36.1. The standard InChI is InChI=1S/C7H10Cl2/c1-5-2-3-6(8)7(9)4-5/h2,6-7H,3-4H2,1H3/t6?,7-/m1/s1. The van der Waals surface area contributed by atoms with Crippen molar-refractivity contribution < 1.29 is 0 Å². The molecule has 52 valence electrons. The maximum atomic E-state index is 5.89. The molecule has 0 aromatic heterocycles. The van der Waals surface area contributed by atoms with Crippen molar-refractivity contribution in [2.75, 3.05) is 0 Å². The van der Waals surface area contributed by atoms with Crippen LogP contribution in [0, 0.1) is 0 Å². The van der Waals surface area contributed by atoms with E-state index in [-0.39, 0.29) is 10.8 Å². The largest absolute Gasteiger partial charge is 0.121 e. The minimum atomic E-state index is 0.148. The van der Waals surface area contributed by atoms with Crippen molar-refractivity contribution in [3.63, 3.8) is 0 Å². The predicted octanol–water partition coefficient (Wildman–Crippen LogP) is 2.94. The van der Waals surface area contributed by atoms with E-state index in [0.29, 0.717) is 0 Å². The van der Waals surface area contributed by atoms with Gasteiger partial charge < -0.3 is 0 Å². The van der Waals surface area contributed by atoms with E-state index < -0.39 is 0 Å². The fraction of sp³-hybridized carbons (Fsp3) is 0.714. The van der Waals surface area contributed by atoms with Crippen LogP contribution in [-0.4, -0.2) is 10.8 Å². The molecule has 0 saturated heterocycles. The summed E-state index contributed by atoms with van der Waals surface area (Å²) in [5.41, 5.74) is 1.37. The Balaban J connectivity index is 2.54. The van der Waals surface area contributed by atoms with Crippen LogP contribution in [0.2, 0.25) is 0 Å². The third-order valence-corrected chi connectivity index (χ3v) is 2.67. The van der Waals surface area contributed by atoms with Crippen LogP contribution in [0.15, 0.2) is 11.6 Å². The fourth-order valence-electron chi connectivity index (χ4n) is 0.980. The van der Waals surface area contributed by atoms with Crippen molar-refractivity contribution in [3.8, 4) is 0 Å². The van der Waals surface area contributed by atoms with E-state index in [1.165, 1.54) is 5.57 Å². The quantitative estimate of drug-likeness (QED) is 0.382. The first-order valence-corrected chi connectivity index (χ1v) is 4.01. The van der Waals surface area contributed by atoms with Gasteiger partial charge >= 0.3 is 0 Å². The van der Waals surface area contributed by atoms with E-state index in [0.717, 1.165) is 12.8 Å². The molecule has 1 unspecified atom stereocenters. The van der Waals surface area contributed by atoms with Gasteiger partial charge in [-0.05, 0) is 19.8 Å². The summed E-state index contributed by atoms with van der Waals surface area (Å²) >= 11 is 11.7. The van der Waals surface area contributed by atoms with Crippen molar-refractivity contribution in [2.24, 2.45) is 0 Å². The molecule has 0 aromatic rings. The maximum Gasteiger partial charge on any atom is 0.0539 e. The summed E-state index contributed by atoms with van der Waals surface area (Å²) in [6.45, 7) is 2.10. The summed E-state index contributed by atoms with van der Waals surface area (Å²) < 4.78 is 0. The highest BCUT2D eigenvalue weighted by Gasteiger charge is 2.19. The fourth-order valence-corrected chi connectivity index (χ4v) is 1.50. The van der Waals surface area contributed by atoms with E-state index in [1.807, 2.05) is 0 Å². The topological polar surface area (TPSA) is 0 Å². The second kappa shape index (κ2) is 2.94. The number of rotatable bonds is 0. The molecule has 0 N–H and O–H groups in total. The van der Waals surface area contributed by atoms with Gasteiger partial charge in [-0.2, -0.15) is 0 Å². The van der Waals surface area contributed by atoms with Gasteiger partial charge in [0.2, 0.25) is 0 Å². The molecule has 2 heteroatoms. The van der Waals surface area contributed by atoms with Crippen molar-refractivity contribution >= 4 is 23.2 Å². The molecule has 0 spiro atoms. The van der Waals surface area contributed by atoms with E-state index in [1.54, 1.807) is 0 Å². The Hall–Kier alpha value is 0.320. The molecular formula is C7H10Cl2. The lowest BCUT2D eigenvalue weighted by molar-refractivity contribution is 0.719. The molecular weight excluding hydrogens is 155 g/mol. The number of halogens is 2. The van der Waals surface area contributed by atoms with Crippen LogP contribution < -0.4 is 0 Å². The monoisotopic (exact) mass is 164 g/mol. The maximum absolute atomic E-state index is 5.89. The Bertz CT molecular complexity index is 129. The summed E-state index contributed by atoms with van der Waals surface area (Å²) in [6.07, 6.45) is 4.05. The number of hydrogen-bond acceptors (Lipinski definition) is 0. The molecule has 1 aliphatic rings. The van der Waals surface area contributed by atoms with E-state index in [2.05, 4.69) is 13.0 Å². The van der Waals surface area contributed by atoms with Crippen molar-refractivity contribution in [1.29, 1.82) is 0 Å². The second-order valence-corrected chi connectivity index (χ2v) is 3.64. The first-order valence-electron chi connectivity index (χ1n) is 3.14. The SMILES string of the molecule is CC1=CCC(Cl)[C@H](Cl)C1. The van der Waals surface area contributed by atoms with Gasteiger partial charge in [-0.1, -0.05) is 11.6 Å². The van der Waals surface area contributed by atoms with Crippen LogP contribution in [-0.2, 0) is 0 Å². The van der Waals surface area contributed by atoms with Crippen molar-refractivity contribution in [2.45, 2.75) is 30.5 Å². The van der Waals surface area contributed by atoms with Gasteiger partial charge in [0.25, 0.3) is 0 Å². The lowest BCUT2D eigenvalue weighted by Gasteiger charge is -2.19. The molecule has 0 saturated carbocycles. The molecule has 0 fully saturated rings. The number of allylic oxidation sites excluding steroid dienone is 2. The summed E-state index contributed by atoms with van der Waals surface area (Å²) in [4.78, 5) is 0. The van der Waals surface area contributed by atoms with Crippen LogP contribution in [0.3, 0.4) is 0 Å². The Kier molecular flexibility index (Phi) is 2.42. The molecule has 2 atom stereocenters. The summed E-state index contributed by atoms with van der Waals surface area (Å²) in [5.74, 6) is 0. The average Bonchev–Trinajstić information content (AvgIpc) is 1.80. The van der Waals surface area contributed by atoms with Crippen LogP contribution in [0.4, 0.5) is 0 Å². The summed E-state index contributed by atoms with van der Waals surface area (Å²) in [7, 11) is 0. The molecule has 0 amide bonds. The highest BCUT2D eigenvalue weighted by Crippen LogP contribution is 2.26. The molecule has 9 heavy (non-hydrogen) atoms. The van der Waals surface area contributed by atoms with Crippen molar-refractivity contribution in [3.05, 3.63) is 11.6 Å². The van der Waals surface area contributed by atoms with Gasteiger partial charge in [-0.25, -0.2) is 0 Å². The van der Waals surface area contributed by atoms with Gasteiger partial charge in [-0.15, -0.1) is 23.2 Å². The third kappa shape index (κ3) is 1.87. The van der Waals surface area contributed by atoms with Gasteiger partial charge in [0.1, 0.15) is 0 Å². The summed E-state index contributed by atoms with van der Waals surface area (Å²) in [6, 6.07) is 0. The Labute approximate surface area is 65.8 Å². The number of alkyl halides is 2. The van der Waals surface area contributed by atoms with E-state index in [4.69, 9.17) is 23.2 Å². The third-order valence-electron chi connectivity index (χ3n) is 1.60. The highest BCUT2D eigenvalue weighted by atomic mass is 35.5. The van der Waals surface area contributed by atoms with Gasteiger partial charge in [0.05, 0.1) is 10.8 Å². The minimum Gasteiger partial charge on any atom is -0.121 e. The lowest BCUT2D eigenvalue weighted by atomic mass is 10.0. The predicted molar refractivity (Wildman–Crippen MR) is 42.3 cm³/mol. The molecule has 0 aromatic carbocycles. The highest BCUT2D eigenvalue weighted by molar-refractivity contribution is 6.30. The van der Waals surface area contributed by atoms with E-state index >= 15 is 0 Å².